The summed E-state index contributed by atoms with van der Waals surface area (Å²) >= 11 is 0. The molecule has 2 aliphatic carbocycles. The first-order chi connectivity index (χ1) is 52.4. The molecule has 0 spiro atoms. The molecule has 10 aromatic carbocycles. The lowest BCUT2D eigenvalue weighted by atomic mass is 9.83. The lowest BCUT2D eigenvalue weighted by Gasteiger charge is -2.25. The third kappa shape index (κ3) is 13.7. The van der Waals surface area contributed by atoms with Gasteiger partial charge in [0.05, 0.1) is 67.6 Å². The molecule has 5 aliphatic rings. The molecule has 0 radical (unpaired) electrons. The van der Waals surface area contributed by atoms with Crippen LogP contribution in [0.3, 0.4) is 0 Å². The first-order valence-electron chi connectivity index (χ1n) is 36.7. The Balaban J connectivity index is 0.000000123. The lowest BCUT2D eigenvalue weighted by Crippen LogP contribution is -2.10. The largest absolute Gasteiger partial charge is 0.494 e. The molecule has 15 heteroatoms. The smallest absolute Gasteiger partial charge is 0.280 e. The van der Waals surface area contributed by atoms with E-state index >= 15 is 0 Å². The molecule has 6 N–H and O–H groups in total. The third-order valence-corrected chi connectivity index (χ3v) is 21.3. The number of amides is 3. The highest BCUT2D eigenvalue weighted by Crippen LogP contribution is 2.44. The number of nitrogens with zero attached hydrogens (tertiary/aromatic N) is 6. The highest BCUT2D eigenvalue weighted by atomic mass is 16.3. The van der Waals surface area contributed by atoms with E-state index in [9.17, 15) is 29.7 Å². The number of hydrogen-bond donors (Lipinski definition) is 6. The minimum atomic E-state index is -0.363. The second kappa shape index (κ2) is 29.9. The number of aliphatic imine (C=N–C) groups is 3. The monoisotopic (exact) mass is 1410 g/mol. The van der Waals surface area contributed by atoms with Gasteiger partial charge in [-0.25, -0.2) is 15.0 Å². The second-order valence-corrected chi connectivity index (χ2v) is 27.8. The van der Waals surface area contributed by atoms with Crippen LogP contribution in [0.2, 0.25) is 0 Å². The standard InChI is InChI=1S/C32H26N4O2.C30H21N3O2.C30H32N2O2/c1-35(23-9-5-3-6-10-23)25-17-13-21(14-18-25)29-27-28(32(38)33-29)30(34-31(27)37)22-15-19-26(20-16-22)36(2)24-11-7-4-8-12-24;34-29-25-26(30(35)31-27(25)20-10-4-1-5-11-20)28(32-29)21-16-18-24(19-17-21)33(22-12-6-2-7-13-22)23-14-8-3-9-15-23;33-29-25-26(28(32-29)24-17-13-22(14-18-24)20-9-5-2-6-10-20)30(34)31-27(25)23-15-11-21(12-16-23)19-7-3-1-4-8-19/h3-20,33,38H,1-2H3;1-19,31,35H;11-20,31,34H,1-10H2. The summed E-state index contributed by atoms with van der Waals surface area (Å²) in [5, 5.41) is 32.3. The molecule has 15 nitrogen and oxygen atoms in total. The van der Waals surface area contributed by atoms with Crippen molar-refractivity contribution in [1.29, 1.82) is 0 Å². The summed E-state index contributed by atoms with van der Waals surface area (Å²) in [4.78, 5) is 67.3. The van der Waals surface area contributed by atoms with Crippen LogP contribution in [0.25, 0.3) is 33.8 Å². The topological polar surface area (TPSA) is 206 Å². The van der Waals surface area contributed by atoms with E-state index in [1.807, 2.05) is 214 Å². The quantitative estimate of drug-likeness (QED) is 0.0577. The molecular formula is C92H79N9O6. The van der Waals surface area contributed by atoms with Crippen LogP contribution in [-0.4, -0.2) is 79.2 Å². The van der Waals surface area contributed by atoms with Gasteiger partial charge in [-0.1, -0.05) is 227 Å². The van der Waals surface area contributed by atoms with Crippen molar-refractivity contribution in [3.05, 3.63) is 334 Å². The van der Waals surface area contributed by atoms with Gasteiger partial charge in [0.2, 0.25) is 0 Å². The van der Waals surface area contributed by atoms with Crippen LogP contribution in [0.15, 0.2) is 288 Å². The van der Waals surface area contributed by atoms with Crippen LogP contribution < -0.4 is 14.7 Å². The molecule has 0 atom stereocenters. The summed E-state index contributed by atoms with van der Waals surface area (Å²) in [6.45, 7) is 0. The minimum absolute atomic E-state index is 0.0160. The zero-order valence-corrected chi connectivity index (χ0v) is 59.5. The van der Waals surface area contributed by atoms with Crippen molar-refractivity contribution < 1.29 is 29.7 Å². The van der Waals surface area contributed by atoms with Crippen molar-refractivity contribution in [3.8, 4) is 51.4 Å². The van der Waals surface area contributed by atoms with Crippen LogP contribution in [0.4, 0.5) is 39.8 Å². The van der Waals surface area contributed by atoms with Crippen LogP contribution in [0.5, 0.6) is 17.6 Å². The normalized spacial score (nSPS) is 14.5. The number of anilines is 7. The van der Waals surface area contributed by atoms with Gasteiger partial charge in [-0.2, -0.15) is 0 Å². The predicted octanol–water partition coefficient (Wildman–Crippen LogP) is 21.2. The van der Waals surface area contributed by atoms with E-state index in [1.54, 1.807) is 0 Å². The third-order valence-electron chi connectivity index (χ3n) is 21.3. The first kappa shape index (κ1) is 68.3. The number of aromatic hydroxyl groups is 3. The number of rotatable bonds is 15. The number of carbonyl (C=O) groups is 3. The number of aromatic nitrogens is 3. The van der Waals surface area contributed by atoms with Crippen molar-refractivity contribution in [3.63, 3.8) is 0 Å². The van der Waals surface area contributed by atoms with E-state index in [1.165, 1.54) is 75.3 Å². The average Bonchev–Trinajstić information content (AvgIpc) is 1.60. The van der Waals surface area contributed by atoms with Gasteiger partial charge in [0.1, 0.15) is 0 Å². The van der Waals surface area contributed by atoms with E-state index in [-0.39, 0.29) is 35.4 Å². The number of nitrogens with one attached hydrogen (secondary N) is 3. The Kier molecular flexibility index (Phi) is 19.1. The molecule has 2 fully saturated rings. The molecule has 107 heavy (non-hydrogen) atoms. The molecule has 2 saturated carbocycles. The van der Waals surface area contributed by atoms with Gasteiger partial charge < -0.3 is 45.0 Å². The Bertz CT molecular complexity index is 5450. The average molecular weight is 1410 g/mol. The molecule has 528 valence electrons. The Morgan fingerprint density at radius 3 is 0.850 bits per heavy atom. The van der Waals surface area contributed by atoms with Crippen molar-refractivity contribution in [2.75, 3.05) is 28.8 Å². The first-order valence-corrected chi connectivity index (χ1v) is 36.7. The van der Waals surface area contributed by atoms with Crippen molar-refractivity contribution in [1.82, 2.24) is 15.0 Å². The number of hydrogen-bond acceptors (Lipinski definition) is 9. The fourth-order valence-electron chi connectivity index (χ4n) is 15.7. The maximum Gasteiger partial charge on any atom is 0.280 e. The van der Waals surface area contributed by atoms with Crippen molar-refractivity contribution >= 4 is 74.7 Å². The summed E-state index contributed by atoms with van der Waals surface area (Å²) < 4.78 is 0. The fraction of sp³-hybridized carbons (Fsp3) is 0.152. The number of aromatic amines is 3. The molecule has 0 saturated heterocycles. The SMILES string of the molecule is CN(c1ccccc1)c1ccc(C2=NC(=O)c3c(-c4ccc(N(C)c5ccccc5)cc4)[nH]c(O)c32)cc1.O=C1N=C(c2ccc(C3CCCCC3)cc2)c2c(O)[nH]c(-c3ccc(C4CCCCC4)cc3)c21.O=C1N=C(c2ccc(N(c3ccccc3)c3ccccc3)cc2)c2c(O)[nH]c(-c3ccccc3)c21. The van der Waals surface area contributed by atoms with E-state index < -0.39 is 0 Å². The number of H-pyrrole nitrogens is 3. The Morgan fingerprint density at radius 1 is 0.280 bits per heavy atom. The molecule has 3 amide bonds. The molecule has 3 aromatic heterocycles. The Hall–Kier alpha value is -13.1. The second-order valence-electron chi connectivity index (χ2n) is 27.8. The maximum absolute atomic E-state index is 13.0. The highest BCUT2D eigenvalue weighted by Gasteiger charge is 2.37. The number of benzene rings is 10. The van der Waals surface area contributed by atoms with Gasteiger partial charge in [0.15, 0.2) is 17.6 Å². The Labute approximate surface area is 621 Å². The lowest BCUT2D eigenvalue weighted by molar-refractivity contribution is 0.0998. The van der Waals surface area contributed by atoms with Crippen LogP contribution in [-0.2, 0) is 0 Å². The Morgan fingerprint density at radius 2 is 0.523 bits per heavy atom. The van der Waals surface area contributed by atoms with Crippen LogP contribution in [0, 0.1) is 0 Å². The zero-order valence-electron chi connectivity index (χ0n) is 59.5. The summed E-state index contributed by atoms with van der Waals surface area (Å²) in [5.74, 6) is 0.167. The zero-order chi connectivity index (χ0) is 73.1. The molecule has 6 heterocycles. The molecule has 18 rings (SSSR count). The van der Waals surface area contributed by atoms with Gasteiger partial charge in [0, 0.05) is 70.6 Å². The number of para-hydroxylation sites is 4. The van der Waals surface area contributed by atoms with Crippen LogP contribution >= 0.6 is 0 Å². The predicted molar refractivity (Wildman–Crippen MR) is 428 cm³/mol. The highest BCUT2D eigenvalue weighted by molar-refractivity contribution is 6.32. The molecule has 0 unspecified atom stereocenters. The summed E-state index contributed by atoms with van der Waals surface area (Å²) in [6, 6.07) is 90.5. The summed E-state index contributed by atoms with van der Waals surface area (Å²) in [5.41, 5.74) is 20.9. The molecule has 0 bridgehead atoms. The maximum atomic E-state index is 13.0. The summed E-state index contributed by atoms with van der Waals surface area (Å²) in [6.07, 6.45) is 12.9. The van der Waals surface area contributed by atoms with Crippen LogP contribution in [0.1, 0.15) is 152 Å². The fourth-order valence-corrected chi connectivity index (χ4v) is 15.7. The van der Waals surface area contributed by atoms with E-state index in [2.05, 4.69) is 117 Å². The van der Waals surface area contributed by atoms with E-state index in [0.29, 0.717) is 79.4 Å². The van der Waals surface area contributed by atoms with E-state index in [4.69, 9.17) is 0 Å². The van der Waals surface area contributed by atoms with Gasteiger partial charge >= 0.3 is 0 Å². The number of carbonyl (C=O) groups excluding carboxylic acids is 3. The van der Waals surface area contributed by atoms with E-state index in [0.717, 1.165) is 73.2 Å². The summed E-state index contributed by atoms with van der Waals surface area (Å²) in [7, 11) is 4.02. The van der Waals surface area contributed by atoms with Gasteiger partial charge in [-0.15, -0.1) is 0 Å². The van der Waals surface area contributed by atoms with Crippen molar-refractivity contribution in [2.24, 2.45) is 15.0 Å². The molecule has 3 aliphatic heterocycles. The van der Waals surface area contributed by atoms with Gasteiger partial charge in [-0.05, 0) is 150 Å². The van der Waals surface area contributed by atoms with Gasteiger partial charge in [-0.3, -0.25) is 14.4 Å². The molecule has 13 aromatic rings. The van der Waals surface area contributed by atoms with Crippen molar-refractivity contribution in [2.45, 2.75) is 76.0 Å². The van der Waals surface area contributed by atoms with Gasteiger partial charge in [0.25, 0.3) is 17.7 Å². The molecular weight excluding hydrogens is 1330 g/mol. The minimum Gasteiger partial charge on any atom is -0.494 e. The number of fused-ring (bicyclic) bond motifs is 3.